The highest BCUT2D eigenvalue weighted by Gasteiger charge is 2.20. The number of amides is 2. The normalized spacial score (nSPS) is 11.3. The van der Waals surface area contributed by atoms with Gasteiger partial charge in [0.1, 0.15) is 0 Å². The fraction of sp³-hybridized carbons (Fsp3) is 0.611. The lowest BCUT2D eigenvalue weighted by Gasteiger charge is -2.26. The van der Waals surface area contributed by atoms with Crippen LogP contribution in [0.2, 0.25) is 0 Å². The minimum atomic E-state index is -0.137. The van der Waals surface area contributed by atoms with Crippen LogP contribution in [0.15, 0.2) is 24.3 Å². The van der Waals surface area contributed by atoms with Gasteiger partial charge in [-0.25, -0.2) is 4.79 Å². The molecule has 1 rings (SSSR count). The maximum Gasteiger partial charge on any atom is 0.321 e. The Morgan fingerprint density at radius 1 is 1.18 bits per heavy atom. The monoisotopic (exact) mass is 306 g/mol. The number of anilines is 1. The molecule has 0 spiro atoms. The van der Waals surface area contributed by atoms with E-state index < -0.39 is 0 Å². The molecule has 0 saturated heterocycles. The summed E-state index contributed by atoms with van der Waals surface area (Å²) in [4.78, 5) is 14.2. The lowest BCUT2D eigenvalue weighted by Crippen LogP contribution is -2.38. The van der Waals surface area contributed by atoms with Crippen molar-refractivity contribution < 1.29 is 9.90 Å². The number of aliphatic hydroxyl groups is 1. The number of rotatable bonds is 7. The molecule has 4 nitrogen and oxygen atoms in total. The van der Waals surface area contributed by atoms with Crippen molar-refractivity contribution in [1.82, 2.24) is 4.90 Å². The Balaban J connectivity index is 2.81. The van der Waals surface area contributed by atoms with Gasteiger partial charge in [-0.05, 0) is 23.5 Å². The van der Waals surface area contributed by atoms with Crippen LogP contribution in [0.25, 0.3) is 0 Å². The van der Waals surface area contributed by atoms with Gasteiger partial charge in [-0.3, -0.25) is 0 Å². The minimum Gasteiger partial charge on any atom is -0.395 e. The summed E-state index contributed by atoms with van der Waals surface area (Å²) in [6.07, 6.45) is 3.17. The summed E-state index contributed by atoms with van der Waals surface area (Å²) in [7, 11) is 0. The maximum absolute atomic E-state index is 12.5. The molecule has 0 saturated carbocycles. The van der Waals surface area contributed by atoms with Crippen LogP contribution in [0.5, 0.6) is 0 Å². The summed E-state index contributed by atoms with van der Waals surface area (Å²) in [5.74, 6) is 0. The molecule has 1 aromatic rings. The third-order valence-electron chi connectivity index (χ3n) is 3.67. The number of hydrogen-bond acceptors (Lipinski definition) is 2. The molecule has 22 heavy (non-hydrogen) atoms. The third kappa shape index (κ3) is 5.68. The fourth-order valence-corrected chi connectivity index (χ4v) is 2.43. The minimum absolute atomic E-state index is 0.0134. The number of unbranched alkanes of at least 4 members (excludes halogenated alkanes) is 2. The van der Waals surface area contributed by atoms with Crippen molar-refractivity contribution in [2.45, 2.75) is 52.4 Å². The molecule has 2 N–H and O–H groups in total. The molecule has 0 radical (unpaired) electrons. The van der Waals surface area contributed by atoms with E-state index in [4.69, 9.17) is 0 Å². The molecule has 2 amide bonds. The van der Waals surface area contributed by atoms with Crippen LogP contribution in [-0.2, 0) is 5.41 Å². The van der Waals surface area contributed by atoms with Crippen LogP contribution in [0, 0.1) is 0 Å². The summed E-state index contributed by atoms with van der Waals surface area (Å²) in [5.41, 5.74) is 1.92. The summed E-state index contributed by atoms with van der Waals surface area (Å²) in [6, 6.07) is 7.76. The topological polar surface area (TPSA) is 52.6 Å². The first-order valence-corrected chi connectivity index (χ1v) is 8.16. The van der Waals surface area contributed by atoms with E-state index >= 15 is 0 Å². The molecule has 124 valence electrons. The van der Waals surface area contributed by atoms with Gasteiger partial charge >= 0.3 is 6.03 Å². The number of hydrogen-bond donors (Lipinski definition) is 2. The first kappa shape index (κ1) is 18.5. The van der Waals surface area contributed by atoms with Crippen LogP contribution in [0.4, 0.5) is 10.5 Å². The summed E-state index contributed by atoms with van der Waals surface area (Å²) < 4.78 is 0. The summed E-state index contributed by atoms with van der Waals surface area (Å²) in [6.45, 7) is 9.56. The Kier molecular flexibility index (Phi) is 7.39. The van der Waals surface area contributed by atoms with Gasteiger partial charge in [0.2, 0.25) is 0 Å². The average molecular weight is 306 g/mol. The Hall–Kier alpha value is -1.55. The molecule has 0 aromatic heterocycles. The van der Waals surface area contributed by atoms with Gasteiger partial charge in [0.15, 0.2) is 0 Å². The van der Waals surface area contributed by atoms with Crippen LogP contribution in [-0.4, -0.2) is 35.7 Å². The van der Waals surface area contributed by atoms with E-state index in [1.165, 1.54) is 0 Å². The molecule has 0 aliphatic rings. The molecular formula is C18H30N2O2. The number of para-hydroxylation sites is 1. The molecule has 0 aliphatic carbocycles. The number of aliphatic hydroxyl groups excluding tert-OH is 1. The largest absolute Gasteiger partial charge is 0.395 e. The van der Waals surface area contributed by atoms with Gasteiger partial charge in [-0.15, -0.1) is 0 Å². The van der Waals surface area contributed by atoms with E-state index in [9.17, 15) is 9.90 Å². The molecule has 1 aromatic carbocycles. The molecule has 4 heteroatoms. The van der Waals surface area contributed by atoms with Crippen molar-refractivity contribution in [2.75, 3.05) is 25.0 Å². The summed E-state index contributed by atoms with van der Waals surface area (Å²) >= 11 is 0. The van der Waals surface area contributed by atoms with Crippen molar-refractivity contribution in [1.29, 1.82) is 0 Å². The zero-order valence-corrected chi connectivity index (χ0v) is 14.4. The highest BCUT2D eigenvalue weighted by atomic mass is 16.3. The highest BCUT2D eigenvalue weighted by molar-refractivity contribution is 5.90. The van der Waals surface area contributed by atoms with Gasteiger partial charge in [0.25, 0.3) is 0 Å². The van der Waals surface area contributed by atoms with Gasteiger partial charge in [-0.1, -0.05) is 58.7 Å². The predicted molar refractivity (Wildman–Crippen MR) is 92.3 cm³/mol. The first-order chi connectivity index (χ1) is 10.4. The first-order valence-electron chi connectivity index (χ1n) is 8.16. The second-order valence-electron chi connectivity index (χ2n) is 6.64. The van der Waals surface area contributed by atoms with Crippen molar-refractivity contribution in [3.8, 4) is 0 Å². The number of nitrogens with zero attached hydrogens (tertiary/aromatic N) is 1. The summed E-state index contributed by atoms with van der Waals surface area (Å²) in [5, 5.41) is 12.2. The van der Waals surface area contributed by atoms with Crippen LogP contribution in [0.1, 0.15) is 52.5 Å². The average Bonchev–Trinajstić information content (AvgIpc) is 2.46. The molecule has 0 fully saturated rings. The van der Waals surface area contributed by atoms with Crippen LogP contribution < -0.4 is 5.32 Å². The zero-order valence-electron chi connectivity index (χ0n) is 14.4. The molecule has 0 heterocycles. The van der Waals surface area contributed by atoms with E-state index in [2.05, 4.69) is 33.0 Å². The van der Waals surface area contributed by atoms with Gasteiger partial charge in [0, 0.05) is 18.8 Å². The number of carbonyl (C=O) groups is 1. The third-order valence-corrected chi connectivity index (χ3v) is 3.67. The molecule has 0 aliphatic heterocycles. The number of nitrogens with one attached hydrogen (secondary N) is 1. The van der Waals surface area contributed by atoms with E-state index in [1.807, 2.05) is 24.3 Å². The van der Waals surface area contributed by atoms with Gasteiger partial charge in [-0.2, -0.15) is 0 Å². The van der Waals surface area contributed by atoms with Gasteiger partial charge < -0.3 is 15.3 Å². The lowest BCUT2D eigenvalue weighted by atomic mass is 9.86. The van der Waals surface area contributed by atoms with Crippen molar-refractivity contribution >= 4 is 11.7 Å². The van der Waals surface area contributed by atoms with E-state index in [0.29, 0.717) is 13.1 Å². The fourth-order valence-electron chi connectivity index (χ4n) is 2.43. The van der Waals surface area contributed by atoms with Crippen molar-refractivity contribution in [2.24, 2.45) is 0 Å². The van der Waals surface area contributed by atoms with E-state index in [0.717, 1.165) is 30.5 Å². The number of benzene rings is 1. The SMILES string of the molecule is CCCCCN(CCO)C(=O)Nc1ccccc1C(C)(C)C. The zero-order chi connectivity index (χ0) is 16.6. The quantitative estimate of drug-likeness (QED) is 0.748. The Bertz CT molecular complexity index is 466. The van der Waals surface area contributed by atoms with E-state index in [-0.39, 0.29) is 18.1 Å². The van der Waals surface area contributed by atoms with Crippen LogP contribution >= 0.6 is 0 Å². The Labute approximate surface area is 134 Å². The standard InChI is InChI=1S/C18H30N2O2/c1-5-6-9-12-20(13-14-21)17(22)19-16-11-8-7-10-15(16)18(2,3)4/h7-8,10-11,21H,5-6,9,12-14H2,1-4H3,(H,19,22). The second-order valence-corrected chi connectivity index (χ2v) is 6.64. The van der Waals surface area contributed by atoms with E-state index in [1.54, 1.807) is 4.90 Å². The molecular weight excluding hydrogens is 276 g/mol. The molecule has 0 unspecified atom stereocenters. The predicted octanol–water partition coefficient (Wildman–Crippen LogP) is 4.00. The number of urea groups is 1. The lowest BCUT2D eigenvalue weighted by molar-refractivity contribution is 0.187. The Morgan fingerprint density at radius 3 is 2.45 bits per heavy atom. The van der Waals surface area contributed by atoms with Crippen LogP contribution in [0.3, 0.4) is 0 Å². The molecule has 0 bridgehead atoms. The Morgan fingerprint density at radius 2 is 1.86 bits per heavy atom. The van der Waals surface area contributed by atoms with Crippen molar-refractivity contribution in [3.05, 3.63) is 29.8 Å². The molecule has 0 atom stereocenters. The smallest absolute Gasteiger partial charge is 0.321 e. The maximum atomic E-state index is 12.5. The van der Waals surface area contributed by atoms with Gasteiger partial charge in [0.05, 0.1) is 6.61 Å². The highest BCUT2D eigenvalue weighted by Crippen LogP contribution is 2.29. The number of carbonyl (C=O) groups excluding carboxylic acids is 1. The van der Waals surface area contributed by atoms with Crippen molar-refractivity contribution in [3.63, 3.8) is 0 Å². The second kappa shape index (κ2) is 8.79.